The van der Waals surface area contributed by atoms with E-state index in [0.29, 0.717) is 22.4 Å². The molecule has 9 aliphatic rings. The quantitative estimate of drug-likeness (QED) is 0.0639. The number of ether oxygens (including phenoxy) is 6. The predicted octanol–water partition coefficient (Wildman–Crippen LogP) is 1.67. The maximum absolute atomic E-state index is 16.0. The number of fused-ring (bicyclic) bond motifs is 15. The summed E-state index contributed by atoms with van der Waals surface area (Å²) in [5.41, 5.74) is 35.3. The molecule has 21 rings (SSSR count). The Hall–Kier alpha value is -7.73. The van der Waals surface area contributed by atoms with E-state index in [0.717, 1.165) is 15.6 Å². The number of H-pyrrole nitrogens is 3. The Kier molecular flexibility index (Phi) is 25.7. The minimum atomic E-state index is -4.36. The molecular formula is C62H70F4N28O27P6S6. The van der Waals surface area contributed by atoms with Gasteiger partial charge in [0.05, 0.1) is 101 Å². The SMILES string of the molecule is Nc1nc2c(ncn2[C@@H]2O[C@@H]3COP(=O)(S)OC4[C@@H](COP(O)(=S)O[C@H]2C3)O[C@@H](n2cnc3c(N)ccnc32)[C@H]4F)c(=O)[nH]1.Nc1nc2c(ncn2[C@@H]2O[C@@H]3COP(O)(=S)OC4[C@@H](COP(O)(=S)O[C@H]2C3)O[C@@H](n2cnc3c(N)ccnc32)[C@H]4F)c(=O)[nH]1.Nc1nc2c(ncn2[C@@H]2O[C@@H]3COP(O)(=S)O[C@H]4[C@H](F)[C@H](n5nnc6c(N)ccnc65)O[C@@H]4COP(O)(=S)O[C@@H]2[C@@H]3F)c(=O)[nH]1. The molecule has 8 unspecified atom stereocenters. The molecule has 12 aromatic heterocycles. The first-order chi connectivity index (χ1) is 63.1. The standard InChI is InChI=1S/2C21H24FN9O9P2S2.C20H22F2N10O9P2S2/c2*22-12-15-11(38-20(12)30-6-26-13-9(23)1-2-25-16(13)30)5-36-41(33,43)39-10-3-8(4-35-42(34,44)40-15)37-19(10)31-7-27-14-17(31)28-21(24)29-18(14)32;21-9-7-3-36-42(34,44)40-13-8(39-18(10(13)22)32-15-11(29-30-32)6(23)1-2-25-15)4-37-43(35,45)41-14(9)19(38-7)31-5-26-12-16(31)27-20(24)28-17(12)33/h2*1-2,6-8,10-12,15,19-20H,3-5H2,(H2,23,25)(H,33,43)(H,34,44)(H3,24,28,29,32);1-2,5,7-10,13-14,18-19H,3-4H2,(H2,23,25)(H,34,44)(H,35,45)(H3,24,27,28,33)/t2*8-,10-,11+,12-,15?,19+,20+,41?,42?;7-,8-,9-,10+,13-,14-,18-,19-,42?,43?/m001/s1. The fourth-order valence-corrected chi connectivity index (χ4v) is 24.6. The molecule has 0 aliphatic carbocycles. The zero-order valence-electron chi connectivity index (χ0n) is 66.6. The molecule has 0 radical (unpaired) electrons. The minimum absolute atomic E-state index is 0.0158. The van der Waals surface area contributed by atoms with Gasteiger partial charge in [0.1, 0.15) is 72.1 Å². The van der Waals surface area contributed by atoms with Crippen LogP contribution in [-0.4, -0.2) is 270 Å². The Bertz CT molecular complexity index is 6790. The lowest BCUT2D eigenvalue weighted by Gasteiger charge is -2.27. The van der Waals surface area contributed by atoms with Crippen molar-refractivity contribution in [3.8, 4) is 0 Å². The lowest BCUT2D eigenvalue weighted by molar-refractivity contribution is -0.0617. The Balaban J connectivity index is 0.000000129. The molecule has 0 saturated carbocycles. The van der Waals surface area contributed by atoms with Crippen molar-refractivity contribution in [1.82, 2.24) is 108 Å². The molecule has 21 heterocycles. The van der Waals surface area contributed by atoms with E-state index in [1.54, 1.807) is 12.1 Å². The van der Waals surface area contributed by atoms with Crippen LogP contribution in [0.25, 0.3) is 67.0 Å². The molecule has 20 N–H and O–H groups in total. The Morgan fingerprint density at radius 2 is 0.699 bits per heavy atom. The van der Waals surface area contributed by atoms with Crippen LogP contribution in [0.3, 0.4) is 0 Å². The van der Waals surface area contributed by atoms with Gasteiger partial charge in [-0.2, -0.15) is 19.6 Å². The van der Waals surface area contributed by atoms with E-state index in [1.165, 1.54) is 68.2 Å². The van der Waals surface area contributed by atoms with Crippen LogP contribution >= 0.6 is 52.6 Å². The van der Waals surface area contributed by atoms with Crippen molar-refractivity contribution in [3.63, 3.8) is 0 Å². The number of aromatic nitrogens is 22. The Morgan fingerprint density at radius 1 is 0.368 bits per heavy atom. The van der Waals surface area contributed by atoms with Crippen LogP contribution in [0.2, 0.25) is 0 Å². The minimum Gasteiger partial charge on any atom is -0.397 e. The summed E-state index contributed by atoms with van der Waals surface area (Å²) in [7, 11) is 0. The molecule has 6 bridgehead atoms. The van der Waals surface area contributed by atoms with E-state index in [1.807, 2.05) is 0 Å². The van der Waals surface area contributed by atoms with E-state index in [4.69, 9.17) is 176 Å². The molecule has 9 aliphatic heterocycles. The maximum Gasteiger partial charge on any atom is 0.386 e. The topological polar surface area (TPSA) is 736 Å². The van der Waals surface area contributed by atoms with Crippen LogP contribution in [0.15, 0.2) is 82.8 Å². The second-order valence-corrected chi connectivity index (χ2v) is 47.2. The molecule has 55 nitrogen and oxygen atoms in total. The molecule has 133 heavy (non-hydrogen) atoms. The number of nitrogens with one attached hydrogen (secondary N) is 3. The number of rotatable bonds is 6. The van der Waals surface area contributed by atoms with E-state index in [2.05, 4.69) is 92.3 Å². The smallest absolute Gasteiger partial charge is 0.386 e. The number of alkyl halides is 4. The summed E-state index contributed by atoms with van der Waals surface area (Å²) < 4.78 is 187. The number of pyridine rings is 3. The fourth-order valence-electron chi connectivity index (χ4n) is 15.9. The monoisotopic (exact) mass is 2090 g/mol. The average molecular weight is 2090 g/mol. The van der Waals surface area contributed by atoms with E-state index >= 15 is 17.6 Å². The molecule has 28 atom stereocenters. The van der Waals surface area contributed by atoms with Gasteiger partial charge in [-0.3, -0.25) is 74.8 Å². The number of anilines is 6. The molecule has 0 aromatic carbocycles. The summed E-state index contributed by atoms with van der Waals surface area (Å²) in [5.74, 6) is -0.580. The third kappa shape index (κ3) is 18.8. The van der Waals surface area contributed by atoms with Crippen LogP contribution in [-0.2, 0) is 146 Å². The van der Waals surface area contributed by atoms with Gasteiger partial charge >= 0.3 is 40.4 Å². The van der Waals surface area contributed by atoms with Crippen molar-refractivity contribution in [2.45, 2.75) is 148 Å². The summed E-state index contributed by atoms with van der Waals surface area (Å²) in [6.07, 6.45) is -20.5. The van der Waals surface area contributed by atoms with Crippen molar-refractivity contribution in [3.05, 3.63) is 99.5 Å². The number of hydrogen-bond donors (Lipinski definition) is 15. The lowest BCUT2D eigenvalue weighted by Crippen LogP contribution is -2.34. The highest BCUT2D eigenvalue weighted by Crippen LogP contribution is 2.61. The molecule has 71 heteroatoms. The van der Waals surface area contributed by atoms with Gasteiger partial charge in [0.2, 0.25) is 17.8 Å². The number of imidazole rings is 5. The third-order valence-corrected chi connectivity index (χ3v) is 31.2. The number of hydrogen-bond acceptors (Lipinski definition) is 46. The lowest BCUT2D eigenvalue weighted by atomic mass is 10.1. The molecule has 9 fully saturated rings. The first-order valence-electron chi connectivity index (χ1n) is 38.8. The fraction of sp³-hybridized carbons (Fsp3) is 0.484. The van der Waals surface area contributed by atoms with Gasteiger partial charge in [-0.15, -0.1) is 5.10 Å². The number of nitrogens with zero attached hydrogens (tertiary/aromatic N) is 19. The highest BCUT2D eigenvalue weighted by atomic mass is 32.7. The molecule has 714 valence electrons. The first-order valence-corrected chi connectivity index (χ1v) is 54.4. The van der Waals surface area contributed by atoms with Gasteiger partial charge < -0.3 is 119 Å². The second-order valence-electron chi connectivity index (χ2n) is 30.3. The molecule has 12 aromatic rings. The van der Waals surface area contributed by atoms with Crippen LogP contribution in [0.4, 0.5) is 52.5 Å². The molecule has 0 amide bonds. The number of nitrogen functional groups attached to an aromatic ring is 6. The van der Waals surface area contributed by atoms with Crippen LogP contribution in [0.5, 0.6) is 0 Å². The van der Waals surface area contributed by atoms with Gasteiger partial charge in [0.25, 0.3) is 16.7 Å². The Labute approximate surface area is 767 Å². The summed E-state index contributed by atoms with van der Waals surface area (Å²) in [6.45, 7) is -28.3. The van der Waals surface area contributed by atoms with Gasteiger partial charge in [-0.1, -0.05) is 17.5 Å². The van der Waals surface area contributed by atoms with Crippen molar-refractivity contribution in [1.29, 1.82) is 0 Å². The van der Waals surface area contributed by atoms with E-state index in [-0.39, 0.29) is 106 Å². The second kappa shape index (κ2) is 36.2. The van der Waals surface area contributed by atoms with Crippen molar-refractivity contribution in [2.75, 3.05) is 74.0 Å². The maximum atomic E-state index is 16.0. The summed E-state index contributed by atoms with van der Waals surface area (Å²) in [4.78, 5) is 144. The Morgan fingerprint density at radius 3 is 1.14 bits per heavy atom. The van der Waals surface area contributed by atoms with Crippen molar-refractivity contribution >= 4 is 214 Å². The average Bonchev–Trinajstić information content (AvgIpc) is 1.62. The van der Waals surface area contributed by atoms with Gasteiger partial charge in [-0.25, -0.2) is 62.0 Å². The highest BCUT2D eigenvalue weighted by Gasteiger charge is 2.58. The number of halogens is 4. The van der Waals surface area contributed by atoms with Crippen molar-refractivity contribution < 1.29 is 129 Å². The zero-order valence-corrected chi connectivity index (χ0v) is 76.9. The van der Waals surface area contributed by atoms with Gasteiger partial charge in [-0.05, 0) is 77.2 Å². The normalized spacial score (nSPS) is 36.9. The zero-order chi connectivity index (χ0) is 93.8. The van der Waals surface area contributed by atoms with Crippen LogP contribution < -0.4 is 51.1 Å². The van der Waals surface area contributed by atoms with Crippen LogP contribution in [0, 0.1) is 0 Å². The molecule has 0 spiro atoms. The molecule has 9 saturated heterocycles. The summed E-state index contributed by atoms with van der Waals surface area (Å²) in [5, 5.41) is 7.82. The van der Waals surface area contributed by atoms with E-state index < -0.39 is 219 Å². The summed E-state index contributed by atoms with van der Waals surface area (Å²) in [6, 6.07) is 4.57. The van der Waals surface area contributed by atoms with Crippen molar-refractivity contribution in [2.24, 2.45) is 0 Å². The third-order valence-electron chi connectivity index (χ3n) is 21.7. The predicted molar refractivity (Wildman–Crippen MR) is 468 cm³/mol. The number of nitrogens with two attached hydrogens (primary N) is 6. The highest BCUT2D eigenvalue weighted by molar-refractivity contribution is 8.44. The largest absolute Gasteiger partial charge is 0.397 e. The van der Waals surface area contributed by atoms with E-state index in [9.17, 15) is 43.4 Å². The van der Waals surface area contributed by atoms with Crippen LogP contribution in [0.1, 0.15) is 50.2 Å². The number of aromatic amines is 3. The molecular weight excluding hydrogens is 2020 g/mol. The van der Waals surface area contributed by atoms with Gasteiger partial charge in [0, 0.05) is 31.4 Å². The summed E-state index contributed by atoms with van der Waals surface area (Å²) >= 11 is 30.1. The first kappa shape index (κ1) is 94.2. The number of thiol groups is 1. The van der Waals surface area contributed by atoms with Gasteiger partial charge in [0.15, 0.2) is 118 Å².